The first kappa shape index (κ1) is 30.3. The van der Waals surface area contributed by atoms with Gasteiger partial charge in [0.1, 0.15) is 18.1 Å². The summed E-state index contributed by atoms with van der Waals surface area (Å²) in [6.07, 6.45) is 0.526. The lowest BCUT2D eigenvalue weighted by molar-refractivity contribution is -0.143. The summed E-state index contributed by atoms with van der Waals surface area (Å²) in [6.45, 7) is 2.91. The summed E-state index contributed by atoms with van der Waals surface area (Å²) < 4.78 is 0. The standard InChI is InChI=1S/C23H37N7O6/c1-13(2)18(24)21(34)28-15(9-6-10-27-23(25)26)19(32)29-16(11-14-7-4-3-5-8-14)20(33)30-17(12-31)22(35)36/h3-5,7-8,13,15-18,31H,6,9-12,24H2,1-2H3,(H,28,34)(H,29,32)(H,30,33)(H,35,36)(H4,25,26,27). The molecule has 3 amide bonds. The number of hydrogen-bond donors (Lipinski definition) is 8. The van der Waals surface area contributed by atoms with Gasteiger partial charge in [-0.1, -0.05) is 44.2 Å². The summed E-state index contributed by atoms with van der Waals surface area (Å²) in [4.78, 5) is 53.8. The van der Waals surface area contributed by atoms with Crippen LogP contribution in [0.2, 0.25) is 0 Å². The molecule has 0 heterocycles. The fraction of sp³-hybridized carbons (Fsp3) is 0.522. The average Bonchev–Trinajstić information content (AvgIpc) is 2.83. The van der Waals surface area contributed by atoms with Gasteiger partial charge in [0.2, 0.25) is 17.7 Å². The third-order valence-electron chi connectivity index (χ3n) is 5.31. The molecule has 0 fully saturated rings. The van der Waals surface area contributed by atoms with Crippen LogP contribution < -0.4 is 33.2 Å². The minimum Gasteiger partial charge on any atom is -0.480 e. The third kappa shape index (κ3) is 10.7. The number of guanidine groups is 1. The molecule has 13 nitrogen and oxygen atoms in total. The predicted octanol–water partition coefficient (Wildman–Crippen LogP) is -2.20. The second-order valence-corrected chi connectivity index (χ2v) is 8.61. The number of benzene rings is 1. The zero-order chi connectivity index (χ0) is 27.3. The molecule has 0 saturated heterocycles. The smallest absolute Gasteiger partial charge is 0.328 e. The van der Waals surface area contributed by atoms with E-state index in [1.54, 1.807) is 44.2 Å². The highest BCUT2D eigenvalue weighted by molar-refractivity contribution is 5.94. The second kappa shape index (κ2) is 15.3. The van der Waals surface area contributed by atoms with E-state index >= 15 is 0 Å². The lowest BCUT2D eigenvalue weighted by Gasteiger charge is -2.25. The molecule has 11 N–H and O–H groups in total. The minimum absolute atomic E-state index is 0.0381. The molecule has 0 aliphatic rings. The summed E-state index contributed by atoms with van der Waals surface area (Å²) in [5.74, 6) is -3.74. The van der Waals surface area contributed by atoms with Crippen molar-refractivity contribution in [1.82, 2.24) is 16.0 Å². The Morgan fingerprint density at radius 2 is 1.47 bits per heavy atom. The fourth-order valence-electron chi connectivity index (χ4n) is 3.13. The van der Waals surface area contributed by atoms with E-state index in [1.807, 2.05) is 0 Å². The van der Waals surface area contributed by atoms with Crippen LogP contribution in [0.3, 0.4) is 0 Å². The van der Waals surface area contributed by atoms with Crippen molar-refractivity contribution in [2.45, 2.75) is 57.3 Å². The molecule has 1 aromatic rings. The summed E-state index contributed by atoms with van der Waals surface area (Å²) in [7, 11) is 0. The molecule has 0 saturated carbocycles. The summed E-state index contributed by atoms with van der Waals surface area (Å²) >= 11 is 0. The van der Waals surface area contributed by atoms with Gasteiger partial charge in [0.05, 0.1) is 12.6 Å². The van der Waals surface area contributed by atoms with Gasteiger partial charge >= 0.3 is 5.97 Å². The van der Waals surface area contributed by atoms with Crippen LogP contribution in [0.5, 0.6) is 0 Å². The molecule has 0 radical (unpaired) electrons. The topological polar surface area (TPSA) is 235 Å². The molecule has 4 atom stereocenters. The van der Waals surface area contributed by atoms with Crippen LogP contribution in [0.1, 0.15) is 32.3 Å². The first-order valence-corrected chi connectivity index (χ1v) is 11.6. The number of carbonyl (C=O) groups is 4. The van der Waals surface area contributed by atoms with E-state index < -0.39 is 54.5 Å². The number of carbonyl (C=O) groups excluding carboxylic acids is 3. The quantitative estimate of drug-likeness (QED) is 0.0729. The highest BCUT2D eigenvalue weighted by atomic mass is 16.4. The Hall–Kier alpha value is -3.71. The highest BCUT2D eigenvalue weighted by Gasteiger charge is 2.30. The van der Waals surface area contributed by atoms with Crippen LogP contribution in [0.4, 0.5) is 0 Å². The maximum absolute atomic E-state index is 13.2. The molecule has 36 heavy (non-hydrogen) atoms. The van der Waals surface area contributed by atoms with Gasteiger partial charge in [-0.15, -0.1) is 0 Å². The van der Waals surface area contributed by atoms with E-state index in [0.717, 1.165) is 0 Å². The van der Waals surface area contributed by atoms with E-state index in [9.17, 15) is 24.3 Å². The molecule has 13 heteroatoms. The Morgan fingerprint density at radius 1 is 0.917 bits per heavy atom. The number of aliphatic hydroxyl groups is 1. The highest BCUT2D eigenvalue weighted by Crippen LogP contribution is 2.07. The van der Waals surface area contributed by atoms with Crippen LogP contribution in [0, 0.1) is 5.92 Å². The van der Waals surface area contributed by atoms with Crippen molar-refractivity contribution in [2.24, 2.45) is 28.1 Å². The van der Waals surface area contributed by atoms with E-state index in [1.165, 1.54) is 0 Å². The molecular formula is C23H37N7O6. The molecule has 200 valence electrons. The monoisotopic (exact) mass is 507 g/mol. The number of carboxylic acid groups (broad SMARTS) is 1. The number of carboxylic acids is 1. The number of amides is 3. The van der Waals surface area contributed by atoms with Crippen molar-refractivity contribution in [2.75, 3.05) is 13.2 Å². The van der Waals surface area contributed by atoms with Crippen LogP contribution in [0.25, 0.3) is 0 Å². The van der Waals surface area contributed by atoms with Crippen LogP contribution in [-0.2, 0) is 25.6 Å². The first-order chi connectivity index (χ1) is 17.0. The van der Waals surface area contributed by atoms with Gasteiger partial charge in [0.25, 0.3) is 0 Å². The molecule has 0 bridgehead atoms. The molecule has 1 rings (SSSR count). The summed E-state index contributed by atoms with van der Waals surface area (Å²) in [5.41, 5.74) is 17.3. The van der Waals surface area contributed by atoms with Crippen LogP contribution in [0.15, 0.2) is 35.3 Å². The molecule has 4 unspecified atom stereocenters. The molecule has 0 aliphatic carbocycles. The number of aliphatic hydroxyl groups excluding tert-OH is 1. The first-order valence-electron chi connectivity index (χ1n) is 11.6. The van der Waals surface area contributed by atoms with E-state index in [2.05, 4.69) is 20.9 Å². The lowest BCUT2D eigenvalue weighted by Crippen LogP contribution is -2.58. The van der Waals surface area contributed by atoms with Crippen LogP contribution >= 0.6 is 0 Å². The molecular weight excluding hydrogens is 470 g/mol. The maximum Gasteiger partial charge on any atom is 0.328 e. The van der Waals surface area contributed by atoms with Crippen molar-refractivity contribution in [3.63, 3.8) is 0 Å². The van der Waals surface area contributed by atoms with E-state index in [-0.39, 0.29) is 31.3 Å². The molecule has 0 aromatic heterocycles. The zero-order valence-electron chi connectivity index (χ0n) is 20.5. The zero-order valence-corrected chi connectivity index (χ0v) is 20.5. The number of aliphatic carboxylic acids is 1. The Balaban J connectivity index is 3.11. The Kier molecular flexibility index (Phi) is 12.9. The van der Waals surface area contributed by atoms with E-state index in [0.29, 0.717) is 12.0 Å². The normalized spacial score (nSPS) is 14.1. The molecule has 1 aromatic carbocycles. The van der Waals surface area contributed by atoms with Gasteiger partial charge in [-0.25, -0.2) is 4.79 Å². The maximum atomic E-state index is 13.2. The van der Waals surface area contributed by atoms with Crippen molar-refractivity contribution in [1.29, 1.82) is 0 Å². The lowest BCUT2D eigenvalue weighted by atomic mass is 10.0. The fourth-order valence-corrected chi connectivity index (χ4v) is 3.13. The number of rotatable bonds is 15. The number of nitrogens with two attached hydrogens (primary N) is 3. The van der Waals surface area contributed by atoms with Gasteiger partial charge in [-0.05, 0) is 24.3 Å². The van der Waals surface area contributed by atoms with Crippen molar-refractivity contribution >= 4 is 29.7 Å². The van der Waals surface area contributed by atoms with E-state index in [4.69, 9.17) is 22.3 Å². The largest absolute Gasteiger partial charge is 0.480 e. The van der Waals surface area contributed by atoms with Crippen molar-refractivity contribution < 1.29 is 29.4 Å². The SMILES string of the molecule is CC(C)C(N)C(=O)NC(CCCN=C(N)N)C(=O)NC(Cc1ccccc1)C(=O)NC(CO)C(=O)O. The Morgan fingerprint density at radius 3 is 2.00 bits per heavy atom. The third-order valence-corrected chi connectivity index (χ3v) is 5.31. The number of nitrogens with one attached hydrogen (secondary N) is 3. The van der Waals surface area contributed by atoms with Crippen LogP contribution in [-0.4, -0.2) is 77.2 Å². The number of hydrogen-bond acceptors (Lipinski definition) is 7. The van der Waals surface area contributed by atoms with Gasteiger partial charge < -0.3 is 43.4 Å². The summed E-state index contributed by atoms with van der Waals surface area (Å²) in [5, 5.41) is 25.9. The molecule has 0 aliphatic heterocycles. The summed E-state index contributed by atoms with van der Waals surface area (Å²) in [6, 6.07) is 4.10. The Labute approximate surface area is 209 Å². The number of nitrogens with zero attached hydrogens (tertiary/aromatic N) is 1. The van der Waals surface area contributed by atoms with Gasteiger partial charge in [0, 0.05) is 13.0 Å². The van der Waals surface area contributed by atoms with Gasteiger partial charge in [-0.3, -0.25) is 19.4 Å². The Bertz CT molecular complexity index is 905. The second-order valence-electron chi connectivity index (χ2n) is 8.61. The van der Waals surface area contributed by atoms with Crippen molar-refractivity contribution in [3.8, 4) is 0 Å². The van der Waals surface area contributed by atoms with Gasteiger partial charge in [-0.2, -0.15) is 0 Å². The molecule has 0 spiro atoms. The van der Waals surface area contributed by atoms with Crippen molar-refractivity contribution in [3.05, 3.63) is 35.9 Å². The minimum atomic E-state index is -1.55. The number of aliphatic imine (C=N–C) groups is 1. The van der Waals surface area contributed by atoms with Gasteiger partial charge in [0.15, 0.2) is 5.96 Å². The average molecular weight is 508 g/mol. The predicted molar refractivity (Wildman–Crippen MR) is 133 cm³/mol.